The van der Waals surface area contributed by atoms with Crippen LogP contribution in [0.15, 0.2) is 22.6 Å². The summed E-state index contributed by atoms with van der Waals surface area (Å²) in [5.41, 5.74) is 1.26. The van der Waals surface area contributed by atoms with Gasteiger partial charge in [0.1, 0.15) is 23.3 Å². The van der Waals surface area contributed by atoms with Crippen molar-refractivity contribution in [3.05, 3.63) is 22.6 Å². The summed E-state index contributed by atoms with van der Waals surface area (Å²) in [5, 5.41) is 0.207. The summed E-state index contributed by atoms with van der Waals surface area (Å²) in [6.07, 6.45) is 2.30. The molecule has 0 amide bonds. The average Bonchev–Trinajstić information content (AvgIpc) is 2.87. The maximum absolute atomic E-state index is 6.69. The van der Waals surface area contributed by atoms with Crippen molar-refractivity contribution in [3.8, 4) is 0 Å². The molecule has 5 nitrogen and oxygen atoms in total. The van der Waals surface area contributed by atoms with Gasteiger partial charge in [-0.2, -0.15) is 0 Å². The van der Waals surface area contributed by atoms with Crippen molar-refractivity contribution in [2.45, 2.75) is 74.8 Å². The highest BCUT2D eigenvalue weighted by atomic mass is 79.9. The van der Waals surface area contributed by atoms with Crippen LogP contribution in [0.4, 0.5) is 0 Å². The quantitative estimate of drug-likeness (QED) is 0.214. The van der Waals surface area contributed by atoms with Crippen molar-refractivity contribution < 1.29 is 13.9 Å². The Balaban J connectivity index is 1.78. The molecule has 0 saturated carbocycles. The molecule has 9 heteroatoms. The van der Waals surface area contributed by atoms with Gasteiger partial charge in [0, 0.05) is 27.4 Å². The van der Waals surface area contributed by atoms with Gasteiger partial charge >= 0.3 is 0 Å². The summed E-state index contributed by atoms with van der Waals surface area (Å²) in [4.78, 5) is 6.16. The van der Waals surface area contributed by atoms with Gasteiger partial charge in [-0.25, -0.2) is 0 Å². The number of hydrogen-bond donors (Lipinski definition) is 0. The molecule has 3 aliphatic heterocycles. The topological polar surface area (TPSA) is 34.2 Å². The Morgan fingerprint density at radius 3 is 2.58 bits per heavy atom. The molecule has 0 saturated heterocycles. The van der Waals surface area contributed by atoms with Crippen molar-refractivity contribution in [2.24, 2.45) is 0 Å². The van der Waals surface area contributed by atoms with Crippen molar-refractivity contribution in [3.63, 3.8) is 0 Å². The molecule has 1 unspecified atom stereocenters. The van der Waals surface area contributed by atoms with E-state index in [2.05, 4.69) is 85.4 Å². The summed E-state index contributed by atoms with van der Waals surface area (Å²) >= 11 is 5.62. The molecule has 0 radical (unpaired) electrons. The highest BCUT2D eigenvalue weighted by Gasteiger charge is 2.42. The minimum Gasteiger partial charge on any atom is -0.492 e. The van der Waals surface area contributed by atoms with Crippen LogP contribution < -0.4 is 0 Å². The lowest BCUT2D eigenvalue weighted by atomic mass is 10.2. The Kier molecular flexibility index (Phi) is 8.07. The number of nitrogens with zero attached hydrogens (tertiary/aromatic N) is 2. The number of rotatable bonds is 8. The van der Waals surface area contributed by atoms with Crippen LogP contribution in [-0.2, 0) is 13.9 Å². The molecular formula is C22H41BrN2O3SSi2. The Labute approximate surface area is 204 Å². The third-order valence-corrected chi connectivity index (χ3v) is 14.9. The van der Waals surface area contributed by atoms with Gasteiger partial charge in [-0.05, 0) is 24.2 Å². The van der Waals surface area contributed by atoms with Crippen LogP contribution in [0, 0.1) is 0 Å². The van der Waals surface area contributed by atoms with E-state index in [1.807, 2.05) is 11.8 Å². The van der Waals surface area contributed by atoms with E-state index in [9.17, 15) is 0 Å². The third-order valence-electron chi connectivity index (χ3n) is 6.70. The molecule has 0 fully saturated rings. The predicted octanol–water partition coefficient (Wildman–Crippen LogP) is 5.86. The smallest absolute Gasteiger partial charge is 0.192 e. The molecule has 3 rings (SSSR count). The monoisotopic (exact) mass is 548 g/mol. The first-order valence-electron chi connectivity index (χ1n) is 11.4. The second-order valence-corrected chi connectivity index (χ2v) is 24.6. The summed E-state index contributed by atoms with van der Waals surface area (Å²) < 4.78 is 19.1. The molecule has 2 atom stereocenters. The van der Waals surface area contributed by atoms with Crippen LogP contribution in [0.2, 0.25) is 43.8 Å². The van der Waals surface area contributed by atoms with E-state index in [4.69, 9.17) is 13.9 Å². The van der Waals surface area contributed by atoms with Crippen LogP contribution in [0.25, 0.3) is 0 Å². The molecule has 0 spiro atoms. The summed E-state index contributed by atoms with van der Waals surface area (Å²) in [5.74, 6) is 1.08. The van der Waals surface area contributed by atoms with Crippen LogP contribution >= 0.6 is 27.7 Å². The van der Waals surface area contributed by atoms with Gasteiger partial charge in [0.25, 0.3) is 0 Å². The Morgan fingerprint density at radius 1 is 1.23 bits per heavy atom. The fourth-order valence-electron chi connectivity index (χ4n) is 3.52. The van der Waals surface area contributed by atoms with E-state index < -0.39 is 16.4 Å². The maximum atomic E-state index is 6.69. The highest BCUT2D eigenvalue weighted by molar-refractivity contribution is 9.11. The zero-order valence-electron chi connectivity index (χ0n) is 20.6. The molecule has 178 valence electrons. The Bertz CT molecular complexity index is 719. The molecule has 0 aromatic carbocycles. The molecule has 3 heterocycles. The average molecular weight is 550 g/mol. The first kappa shape index (κ1) is 25.7. The molecule has 0 aliphatic carbocycles. The van der Waals surface area contributed by atoms with Crippen LogP contribution in [0.1, 0.15) is 20.8 Å². The number of hydrogen-bond acceptors (Lipinski definition) is 6. The van der Waals surface area contributed by atoms with Crippen molar-refractivity contribution in [1.82, 2.24) is 9.80 Å². The SMILES string of the molecule is CC(C)(C)[Si](C)(C)OCC1CN2CCOC3=C2C(=CN1COCC[Si](C)(C)C)S[C@H]3Br. The molecule has 0 N–H and O–H groups in total. The molecule has 0 bridgehead atoms. The zero-order valence-corrected chi connectivity index (χ0v) is 25.0. The van der Waals surface area contributed by atoms with E-state index in [0.717, 1.165) is 38.7 Å². The molecule has 31 heavy (non-hydrogen) atoms. The van der Waals surface area contributed by atoms with Gasteiger partial charge in [0.2, 0.25) is 0 Å². The number of halogens is 1. The minimum atomic E-state index is -1.82. The molecule has 0 aromatic heterocycles. The fourth-order valence-corrected chi connectivity index (χ4v) is 7.32. The number of ether oxygens (including phenoxy) is 2. The van der Waals surface area contributed by atoms with Crippen molar-refractivity contribution in [2.75, 3.05) is 39.6 Å². The normalized spacial score (nSPS) is 24.7. The van der Waals surface area contributed by atoms with Gasteiger partial charge in [-0.1, -0.05) is 68.1 Å². The first-order chi connectivity index (χ1) is 14.3. The summed E-state index contributed by atoms with van der Waals surface area (Å²) in [6.45, 7) is 23.6. The molecule has 3 aliphatic rings. The second-order valence-electron chi connectivity index (χ2n) is 11.5. The van der Waals surface area contributed by atoms with Crippen molar-refractivity contribution >= 4 is 44.1 Å². The van der Waals surface area contributed by atoms with Gasteiger partial charge in [0.05, 0.1) is 29.8 Å². The number of thioether (sulfide) groups is 1. The summed E-state index contributed by atoms with van der Waals surface area (Å²) in [6, 6.07) is 1.45. The lowest BCUT2D eigenvalue weighted by molar-refractivity contribution is 0.0176. The maximum Gasteiger partial charge on any atom is 0.192 e. The standard InChI is InChI=1S/C22H41BrN2O3SSi2/c1-22(2,3)31(7,8)28-15-17-13-24-9-10-27-20-19(24)18(29-21(20)23)14-25(17)16-26-11-12-30(4,5)6/h14,17,21H,9-13,15-16H2,1-8H3/t17?,21-/m1/s1. The van der Waals surface area contributed by atoms with E-state index in [-0.39, 0.29) is 15.2 Å². The first-order valence-corrected chi connectivity index (χ1v) is 19.8. The lowest BCUT2D eigenvalue weighted by Gasteiger charge is -2.40. The largest absolute Gasteiger partial charge is 0.492 e. The lowest BCUT2D eigenvalue weighted by Crippen LogP contribution is -2.49. The Morgan fingerprint density at radius 2 is 1.94 bits per heavy atom. The third kappa shape index (κ3) is 6.35. The second kappa shape index (κ2) is 9.74. The van der Waals surface area contributed by atoms with Gasteiger partial charge < -0.3 is 23.7 Å². The van der Waals surface area contributed by atoms with E-state index in [1.165, 1.54) is 16.6 Å². The van der Waals surface area contributed by atoms with Crippen LogP contribution in [-0.4, -0.2) is 76.0 Å². The Hall–Kier alpha value is 0.0638. The zero-order chi connectivity index (χ0) is 23.0. The summed E-state index contributed by atoms with van der Waals surface area (Å²) in [7, 11) is -2.92. The fraction of sp³-hybridized carbons (Fsp3) is 0.818. The molecule has 0 aromatic rings. The minimum absolute atomic E-state index is 0.200. The van der Waals surface area contributed by atoms with Crippen LogP contribution in [0.5, 0.6) is 0 Å². The number of alkyl halides is 1. The molecular weight excluding hydrogens is 508 g/mol. The van der Waals surface area contributed by atoms with Gasteiger partial charge in [-0.3, -0.25) is 0 Å². The van der Waals surface area contributed by atoms with Crippen molar-refractivity contribution in [1.29, 1.82) is 0 Å². The van der Waals surface area contributed by atoms with Crippen LogP contribution in [0.3, 0.4) is 0 Å². The predicted molar refractivity (Wildman–Crippen MR) is 141 cm³/mol. The van der Waals surface area contributed by atoms with Gasteiger partial charge in [0.15, 0.2) is 8.32 Å². The highest BCUT2D eigenvalue weighted by Crippen LogP contribution is 2.49. The van der Waals surface area contributed by atoms with Gasteiger partial charge in [-0.15, -0.1) is 0 Å². The van der Waals surface area contributed by atoms with E-state index in [1.54, 1.807) is 0 Å². The van der Waals surface area contributed by atoms with E-state index >= 15 is 0 Å². The van der Waals surface area contributed by atoms with E-state index in [0.29, 0.717) is 6.73 Å².